The number of aliphatic carboxylic acids is 1. The molecule has 0 radical (unpaired) electrons. The second-order valence-electron chi connectivity index (χ2n) is 3.96. The summed E-state index contributed by atoms with van der Waals surface area (Å²) in [5.74, 6) is -0.712. The van der Waals surface area contributed by atoms with Crippen molar-refractivity contribution in [1.82, 2.24) is 9.88 Å². The Morgan fingerprint density at radius 2 is 2.44 bits per heavy atom. The first-order chi connectivity index (χ1) is 7.66. The van der Waals surface area contributed by atoms with Crippen LogP contribution in [0.5, 0.6) is 0 Å². The van der Waals surface area contributed by atoms with Crippen LogP contribution in [0.4, 0.5) is 0 Å². The second kappa shape index (κ2) is 5.09. The molecule has 1 atom stereocenters. The number of likely N-dealkylation sites (tertiary alicyclic amines) is 1. The van der Waals surface area contributed by atoms with Crippen molar-refractivity contribution in [2.75, 3.05) is 6.54 Å². The van der Waals surface area contributed by atoms with Gasteiger partial charge >= 0.3 is 5.97 Å². The molecule has 0 saturated carbocycles. The maximum Gasteiger partial charge on any atom is 0.320 e. The Morgan fingerprint density at radius 3 is 3.06 bits per heavy atom. The molecule has 2 heterocycles. The molecular formula is C11H13IN2O2. The van der Waals surface area contributed by atoms with Gasteiger partial charge in [-0.15, -0.1) is 0 Å². The summed E-state index contributed by atoms with van der Waals surface area (Å²) in [7, 11) is 0. The summed E-state index contributed by atoms with van der Waals surface area (Å²) in [6.07, 6.45) is 3.54. The van der Waals surface area contributed by atoms with E-state index in [1.807, 2.05) is 23.2 Å². The standard InChI is InChI=1S/C11H13IN2O2/c12-10-4-3-8(6-13-10)7-14-5-1-2-9(14)11(15)16/h3-4,6,9H,1-2,5,7H2,(H,15,16). The Morgan fingerprint density at radius 1 is 1.62 bits per heavy atom. The van der Waals surface area contributed by atoms with Gasteiger partial charge in [-0.3, -0.25) is 14.7 Å². The van der Waals surface area contributed by atoms with Crippen molar-refractivity contribution in [2.45, 2.75) is 25.4 Å². The molecule has 1 aromatic heterocycles. The van der Waals surface area contributed by atoms with Crippen molar-refractivity contribution in [2.24, 2.45) is 0 Å². The molecule has 0 aliphatic carbocycles. The molecule has 0 spiro atoms. The summed E-state index contributed by atoms with van der Waals surface area (Å²) in [6, 6.07) is 3.63. The van der Waals surface area contributed by atoms with Crippen LogP contribution in [-0.2, 0) is 11.3 Å². The molecular weight excluding hydrogens is 319 g/mol. The number of hydrogen-bond acceptors (Lipinski definition) is 3. The van der Waals surface area contributed by atoms with Crippen molar-refractivity contribution < 1.29 is 9.90 Å². The third kappa shape index (κ3) is 2.70. The quantitative estimate of drug-likeness (QED) is 0.677. The first-order valence-corrected chi connectivity index (χ1v) is 6.32. The van der Waals surface area contributed by atoms with E-state index >= 15 is 0 Å². The number of rotatable bonds is 3. The second-order valence-corrected chi connectivity index (χ2v) is 5.06. The first kappa shape index (κ1) is 11.8. The molecule has 5 heteroatoms. The van der Waals surface area contributed by atoms with Gasteiger partial charge < -0.3 is 5.11 Å². The van der Waals surface area contributed by atoms with Crippen LogP contribution in [0.3, 0.4) is 0 Å². The lowest BCUT2D eigenvalue weighted by atomic mass is 10.2. The number of hydrogen-bond donors (Lipinski definition) is 1. The van der Waals surface area contributed by atoms with Crippen LogP contribution in [-0.4, -0.2) is 33.5 Å². The van der Waals surface area contributed by atoms with Gasteiger partial charge in [0.25, 0.3) is 0 Å². The van der Waals surface area contributed by atoms with Crippen LogP contribution < -0.4 is 0 Å². The lowest BCUT2D eigenvalue weighted by molar-refractivity contribution is -0.142. The van der Waals surface area contributed by atoms with E-state index in [0.717, 1.165) is 28.7 Å². The predicted octanol–water partition coefficient (Wildman–Crippen LogP) is 1.74. The summed E-state index contributed by atoms with van der Waals surface area (Å²) in [5.41, 5.74) is 1.08. The molecule has 1 unspecified atom stereocenters. The molecule has 1 N–H and O–H groups in total. The normalized spacial score (nSPS) is 21.2. The number of aromatic nitrogens is 1. The Labute approximate surface area is 108 Å². The van der Waals surface area contributed by atoms with E-state index in [0.29, 0.717) is 6.54 Å². The highest BCUT2D eigenvalue weighted by atomic mass is 127. The fourth-order valence-corrected chi connectivity index (χ4v) is 2.35. The number of carbonyl (C=O) groups is 1. The van der Waals surface area contributed by atoms with Crippen molar-refractivity contribution in [3.8, 4) is 0 Å². The molecule has 0 bridgehead atoms. The third-order valence-electron chi connectivity index (χ3n) is 2.82. The number of pyridine rings is 1. The van der Waals surface area contributed by atoms with Crippen molar-refractivity contribution >= 4 is 28.6 Å². The molecule has 1 aromatic rings. The van der Waals surface area contributed by atoms with E-state index in [-0.39, 0.29) is 6.04 Å². The number of carboxylic acid groups (broad SMARTS) is 1. The van der Waals surface area contributed by atoms with Gasteiger partial charge in [0.15, 0.2) is 0 Å². The third-order valence-corrected chi connectivity index (χ3v) is 3.46. The lowest BCUT2D eigenvalue weighted by Crippen LogP contribution is -2.35. The van der Waals surface area contributed by atoms with Crippen molar-refractivity contribution in [1.29, 1.82) is 0 Å². The molecule has 1 saturated heterocycles. The maximum atomic E-state index is 11.0. The van der Waals surface area contributed by atoms with E-state index in [1.54, 1.807) is 0 Å². The van der Waals surface area contributed by atoms with Gasteiger partial charge in [-0.2, -0.15) is 0 Å². The van der Waals surface area contributed by atoms with Crippen LogP contribution >= 0.6 is 22.6 Å². The molecule has 0 aromatic carbocycles. The zero-order chi connectivity index (χ0) is 11.5. The SMILES string of the molecule is O=C(O)C1CCCN1Cc1ccc(I)nc1. The summed E-state index contributed by atoms with van der Waals surface area (Å²) in [5, 5.41) is 9.05. The zero-order valence-corrected chi connectivity index (χ0v) is 10.9. The molecule has 4 nitrogen and oxygen atoms in total. The molecule has 0 amide bonds. The number of carboxylic acids is 1. The minimum atomic E-state index is -0.712. The maximum absolute atomic E-state index is 11.0. The van der Waals surface area contributed by atoms with Gasteiger partial charge in [0.05, 0.1) is 0 Å². The van der Waals surface area contributed by atoms with Gasteiger partial charge in [0, 0.05) is 12.7 Å². The Balaban J connectivity index is 2.03. The van der Waals surface area contributed by atoms with Crippen molar-refractivity contribution in [3.05, 3.63) is 27.6 Å². The molecule has 86 valence electrons. The first-order valence-electron chi connectivity index (χ1n) is 5.24. The summed E-state index contributed by atoms with van der Waals surface area (Å²) in [4.78, 5) is 17.2. The monoisotopic (exact) mass is 332 g/mol. The van der Waals surface area contributed by atoms with E-state index in [9.17, 15) is 4.79 Å². The van der Waals surface area contributed by atoms with Gasteiger partial charge in [0.2, 0.25) is 0 Å². The van der Waals surface area contributed by atoms with Crippen LogP contribution in [0.25, 0.3) is 0 Å². The fraction of sp³-hybridized carbons (Fsp3) is 0.455. The predicted molar refractivity (Wildman–Crippen MR) is 68.0 cm³/mol. The van der Waals surface area contributed by atoms with E-state index < -0.39 is 5.97 Å². The lowest BCUT2D eigenvalue weighted by Gasteiger charge is -2.20. The number of nitrogens with zero attached hydrogens (tertiary/aromatic N) is 2. The van der Waals surface area contributed by atoms with Crippen LogP contribution in [0, 0.1) is 3.70 Å². The summed E-state index contributed by atoms with van der Waals surface area (Å²) >= 11 is 2.16. The van der Waals surface area contributed by atoms with Gasteiger partial charge in [-0.05, 0) is 53.6 Å². The Bertz CT molecular complexity index is 380. The average molecular weight is 332 g/mol. The highest BCUT2D eigenvalue weighted by Crippen LogP contribution is 2.20. The molecule has 1 aliphatic heterocycles. The Kier molecular flexibility index (Phi) is 3.75. The molecule has 16 heavy (non-hydrogen) atoms. The largest absolute Gasteiger partial charge is 0.480 e. The minimum absolute atomic E-state index is 0.320. The molecule has 1 fully saturated rings. The van der Waals surface area contributed by atoms with E-state index in [2.05, 4.69) is 27.6 Å². The van der Waals surface area contributed by atoms with Gasteiger partial charge in [-0.1, -0.05) is 6.07 Å². The molecule has 1 aliphatic rings. The topological polar surface area (TPSA) is 53.4 Å². The summed E-state index contributed by atoms with van der Waals surface area (Å²) in [6.45, 7) is 1.55. The van der Waals surface area contributed by atoms with Crippen molar-refractivity contribution in [3.63, 3.8) is 0 Å². The summed E-state index contributed by atoms with van der Waals surface area (Å²) < 4.78 is 0.956. The highest BCUT2D eigenvalue weighted by Gasteiger charge is 2.30. The van der Waals surface area contributed by atoms with Crippen LogP contribution in [0.2, 0.25) is 0 Å². The fourth-order valence-electron chi connectivity index (χ4n) is 2.03. The van der Waals surface area contributed by atoms with Gasteiger partial charge in [-0.25, -0.2) is 0 Å². The Hall–Kier alpha value is -0.690. The van der Waals surface area contributed by atoms with Crippen LogP contribution in [0.15, 0.2) is 18.3 Å². The zero-order valence-electron chi connectivity index (χ0n) is 8.77. The van der Waals surface area contributed by atoms with Gasteiger partial charge in [0.1, 0.15) is 9.74 Å². The van der Waals surface area contributed by atoms with E-state index in [4.69, 9.17) is 5.11 Å². The van der Waals surface area contributed by atoms with E-state index in [1.165, 1.54) is 0 Å². The number of halogens is 1. The molecule has 2 rings (SSSR count). The minimum Gasteiger partial charge on any atom is -0.480 e. The highest BCUT2D eigenvalue weighted by molar-refractivity contribution is 14.1. The average Bonchev–Trinajstić information content (AvgIpc) is 2.69. The smallest absolute Gasteiger partial charge is 0.320 e. The van der Waals surface area contributed by atoms with Crippen LogP contribution in [0.1, 0.15) is 18.4 Å².